The standard InChI is InChI=1S/C13H17FO4S/c1-7-2-4-8(5-3-7)19-13-12(17)11(16)10(14)9(6-15)18-13/h2-5,9-13,15-17H,6H2,1H3/t9-,10-,11+,12-,13+/m1/s1. The molecule has 6 heteroatoms. The molecule has 4 nitrogen and oxygen atoms in total. The van der Waals surface area contributed by atoms with Gasteiger partial charge in [-0.05, 0) is 19.1 Å². The summed E-state index contributed by atoms with van der Waals surface area (Å²) in [5.74, 6) is 0. The van der Waals surface area contributed by atoms with E-state index in [4.69, 9.17) is 9.84 Å². The molecule has 0 amide bonds. The van der Waals surface area contributed by atoms with E-state index >= 15 is 0 Å². The largest absolute Gasteiger partial charge is 0.394 e. The molecule has 3 N–H and O–H groups in total. The lowest BCUT2D eigenvalue weighted by Gasteiger charge is -2.38. The third-order valence-electron chi connectivity index (χ3n) is 3.07. The van der Waals surface area contributed by atoms with E-state index < -0.39 is 36.5 Å². The molecule has 1 heterocycles. The Bertz CT molecular complexity index is 412. The molecule has 0 bridgehead atoms. The van der Waals surface area contributed by atoms with Crippen LogP contribution in [0, 0.1) is 6.92 Å². The molecule has 1 fully saturated rings. The van der Waals surface area contributed by atoms with Crippen LogP contribution in [-0.4, -0.2) is 51.8 Å². The number of aliphatic hydroxyl groups is 3. The first kappa shape index (κ1) is 14.7. The Morgan fingerprint density at radius 1 is 1.21 bits per heavy atom. The second kappa shape index (κ2) is 6.19. The predicted octanol–water partition coefficient (Wildman–Crippen LogP) is 0.864. The van der Waals surface area contributed by atoms with E-state index in [2.05, 4.69) is 0 Å². The minimum Gasteiger partial charge on any atom is -0.394 e. The zero-order chi connectivity index (χ0) is 14.0. The third-order valence-corrected chi connectivity index (χ3v) is 4.24. The van der Waals surface area contributed by atoms with Gasteiger partial charge in [0.25, 0.3) is 0 Å². The molecular formula is C13H17FO4S. The summed E-state index contributed by atoms with van der Waals surface area (Å²) in [5.41, 5.74) is 0.299. The summed E-state index contributed by atoms with van der Waals surface area (Å²) < 4.78 is 18.8. The van der Waals surface area contributed by atoms with Crippen molar-refractivity contribution in [3.63, 3.8) is 0 Å². The summed E-state index contributed by atoms with van der Waals surface area (Å²) in [5, 5.41) is 28.4. The quantitative estimate of drug-likeness (QED) is 0.770. The average molecular weight is 288 g/mol. The molecule has 1 aromatic rings. The zero-order valence-corrected chi connectivity index (χ0v) is 11.3. The fourth-order valence-electron chi connectivity index (χ4n) is 1.89. The van der Waals surface area contributed by atoms with Crippen molar-refractivity contribution in [1.82, 2.24) is 0 Å². The highest BCUT2D eigenvalue weighted by Crippen LogP contribution is 2.34. The predicted molar refractivity (Wildman–Crippen MR) is 69.7 cm³/mol. The highest BCUT2D eigenvalue weighted by atomic mass is 32.2. The van der Waals surface area contributed by atoms with E-state index in [0.717, 1.165) is 10.5 Å². The summed E-state index contributed by atoms with van der Waals surface area (Å²) in [6, 6.07) is 7.54. The maximum Gasteiger partial charge on any atom is 0.157 e. The molecular weight excluding hydrogens is 271 g/mol. The molecule has 0 saturated carbocycles. The zero-order valence-electron chi connectivity index (χ0n) is 10.4. The Balaban J connectivity index is 2.08. The molecule has 0 aliphatic carbocycles. The molecule has 0 radical (unpaired) electrons. The number of aliphatic hydroxyl groups excluding tert-OH is 3. The van der Waals surface area contributed by atoms with Gasteiger partial charge in [0.2, 0.25) is 0 Å². The molecule has 1 saturated heterocycles. The lowest BCUT2D eigenvalue weighted by Crippen LogP contribution is -2.55. The van der Waals surface area contributed by atoms with Crippen molar-refractivity contribution in [2.24, 2.45) is 0 Å². The Kier molecular flexibility index (Phi) is 4.81. The van der Waals surface area contributed by atoms with Crippen LogP contribution in [0.5, 0.6) is 0 Å². The first-order chi connectivity index (χ1) is 9.02. The Hall–Kier alpha value is -0.660. The molecule has 1 aliphatic heterocycles. The highest BCUT2D eigenvalue weighted by molar-refractivity contribution is 7.99. The second-order valence-corrected chi connectivity index (χ2v) is 5.75. The molecule has 5 atom stereocenters. The first-order valence-corrected chi connectivity index (χ1v) is 6.90. The van der Waals surface area contributed by atoms with Crippen LogP contribution >= 0.6 is 11.8 Å². The Morgan fingerprint density at radius 2 is 1.84 bits per heavy atom. The van der Waals surface area contributed by atoms with Crippen molar-refractivity contribution in [2.75, 3.05) is 6.61 Å². The van der Waals surface area contributed by atoms with Crippen LogP contribution < -0.4 is 0 Å². The van der Waals surface area contributed by atoms with Crippen molar-refractivity contribution in [1.29, 1.82) is 0 Å². The molecule has 0 aromatic heterocycles. The number of thioether (sulfide) groups is 1. The van der Waals surface area contributed by atoms with Crippen LogP contribution in [-0.2, 0) is 4.74 Å². The van der Waals surface area contributed by atoms with Gasteiger partial charge in [0.15, 0.2) is 6.17 Å². The van der Waals surface area contributed by atoms with Crippen LogP contribution in [0.1, 0.15) is 5.56 Å². The number of hydrogen-bond acceptors (Lipinski definition) is 5. The lowest BCUT2D eigenvalue weighted by molar-refractivity contribution is -0.185. The number of rotatable bonds is 3. The van der Waals surface area contributed by atoms with Gasteiger partial charge in [0.05, 0.1) is 6.61 Å². The van der Waals surface area contributed by atoms with Crippen LogP contribution in [0.15, 0.2) is 29.2 Å². The summed E-state index contributed by atoms with van der Waals surface area (Å²) >= 11 is 1.20. The van der Waals surface area contributed by atoms with Gasteiger partial charge in [-0.3, -0.25) is 0 Å². The maximum atomic E-state index is 13.6. The van der Waals surface area contributed by atoms with Gasteiger partial charge in [0.1, 0.15) is 23.7 Å². The summed E-state index contributed by atoms with van der Waals surface area (Å²) in [6.07, 6.45) is -5.77. The van der Waals surface area contributed by atoms with Gasteiger partial charge in [-0.2, -0.15) is 0 Å². The van der Waals surface area contributed by atoms with Gasteiger partial charge in [-0.15, -0.1) is 0 Å². The molecule has 0 unspecified atom stereocenters. The van der Waals surface area contributed by atoms with Gasteiger partial charge in [-0.1, -0.05) is 29.5 Å². The van der Waals surface area contributed by atoms with Crippen molar-refractivity contribution < 1.29 is 24.4 Å². The minimum atomic E-state index is -1.78. The van der Waals surface area contributed by atoms with Crippen molar-refractivity contribution >= 4 is 11.8 Å². The van der Waals surface area contributed by atoms with Crippen LogP contribution in [0.25, 0.3) is 0 Å². The maximum absolute atomic E-state index is 13.6. The van der Waals surface area contributed by atoms with E-state index in [0.29, 0.717) is 0 Å². The Morgan fingerprint density at radius 3 is 2.42 bits per heavy atom. The fourth-order valence-corrected chi connectivity index (χ4v) is 2.95. The van der Waals surface area contributed by atoms with Gasteiger partial charge >= 0.3 is 0 Å². The van der Waals surface area contributed by atoms with Crippen LogP contribution in [0.4, 0.5) is 4.39 Å². The number of hydrogen-bond donors (Lipinski definition) is 3. The summed E-state index contributed by atoms with van der Waals surface area (Å²) in [6.45, 7) is 1.43. The number of aryl methyl sites for hydroxylation is 1. The lowest BCUT2D eigenvalue weighted by atomic mass is 10.0. The summed E-state index contributed by atoms with van der Waals surface area (Å²) in [4.78, 5) is 0.843. The van der Waals surface area contributed by atoms with Crippen LogP contribution in [0.3, 0.4) is 0 Å². The minimum absolute atomic E-state index is 0.532. The van der Waals surface area contributed by atoms with Gasteiger partial charge < -0.3 is 20.1 Å². The van der Waals surface area contributed by atoms with E-state index in [-0.39, 0.29) is 0 Å². The molecule has 1 aromatic carbocycles. The van der Waals surface area contributed by atoms with E-state index in [9.17, 15) is 14.6 Å². The smallest absolute Gasteiger partial charge is 0.157 e. The highest BCUT2D eigenvalue weighted by Gasteiger charge is 2.44. The number of benzene rings is 1. The molecule has 106 valence electrons. The van der Waals surface area contributed by atoms with Crippen molar-refractivity contribution in [3.8, 4) is 0 Å². The van der Waals surface area contributed by atoms with Crippen molar-refractivity contribution in [2.45, 2.75) is 41.7 Å². The van der Waals surface area contributed by atoms with E-state index in [1.807, 2.05) is 31.2 Å². The van der Waals surface area contributed by atoms with Gasteiger partial charge in [0, 0.05) is 4.90 Å². The number of alkyl halides is 1. The fraction of sp³-hybridized carbons (Fsp3) is 0.538. The van der Waals surface area contributed by atoms with Gasteiger partial charge in [-0.25, -0.2) is 4.39 Å². The van der Waals surface area contributed by atoms with Crippen molar-refractivity contribution in [3.05, 3.63) is 29.8 Å². The first-order valence-electron chi connectivity index (χ1n) is 6.03. The normalized spacial score (nSPS) is 35.3. The van der Waals surface area contributed by atoms with Crippen LogP contribution in [0.2, 0.25) is 0 Å². The number of halogens is 1. The average Bonchev–Trinajstić information content (AvgIpc) is 2.42. The third kappa shape index (κ3) is 3.27. The molecule has 2 rings (SSSR count). The molecule has 1 aliphatic rings. The Labute approximate surface area is 115 Å². The number of ether oxygens (including phenoxy) is 1. The molecule has 19 heavy (non-hydrogen) atoms. The monoisotopic (exact) mass is 288 g/mol. The van der Waals surface area contributed by atoms with E-state index in [1.54, 1.807) is 0 Å². The summed E-state index contributed by atoms with van der Waals surface area (Å²) in [7, 11) is 0. The topological polar surface area (TPSA) is 69.9 Å². The SMILES string of the molecule is Cc1ccc(S[C@@H]2O[C@H](CO)[C@@H](F)[C@H](O)[C@H]2O)cc1. The molecule has 0 spiro atoms. The van der Waals surface area contributed by atoms with E-state index in [1.165, 1.54) is 11.8 Å². The second-order valence-electron chi connectivity index (χ2n) is 4.58.